The molecule has 0 amide bonds. The zero-order valence-electron chi connectivity index (χ0n) is 7.81. The van der Waals surface area contributed by atoms with E-state index < -0.39 is 0 Å². The summed E-state index contributed by atoms with van der Waals surface area (Å²) in [5.41, 5.74) is 1.26. The zero-order valence-corrected chi connectivity index (χ0v) is 8.56. The van der Waals surface area contributed by atoms with Crippen molar-refractivity contribution in [2.24, 2.45) is 0 Å². The lowest BCUT2D eigenvalue weighted by molar-refractivity contribution is 0.651. The fourth-order valence-corrected chi connectivity index (χ4v) is 1.17. The molecule has 1 aromatic rings. The van der Waals surface area contributed by atoms with E-state index in [1.54, 1.807) is 0 Å². The highest BCUT2D eigenvalue weighted by Crippen LogP contribution is 2.08. The Balaban J connectivity index is 2.25. The van der Waals surface area contributed by atoms with Crippen LogP contribution in [0.1, 0.15) is 5.56 Å². The van der Waals surface area contributed by atoms with Crippen LogP contribution < -0.4 is 10.6 Å². The molecule has 0 heterocycles. The van der Waals surface area contributed by atoms with Crippen LogP contribution in [0.15, 0.2) is 24.3 Å². The third-order valence-electron chi connectivity index (χ3n) is 1.79. The highest BCUT2D eigenvalue weighted by Gasteiger charge is 1.91. The molecule has 0 aromatic heterocycles. The van der Waals surface area contributed by atoms with Crippen LogP contribution in [-0.2, 0) is 6.54 Å². The van der Waals surface area contributed by atoms with E-state index >= 15 is 0 Å². The van der Waals surface area contributed by atoms with Crippen LogP contribution in [0.5, 0.6) is 0 Å². The second-order valence-electron chi connectivity index (χ2n) is 2.91. The maximum atomic E-state index is 5.77. The van der Waals surface area contributed by atoms with E-state index in [-0.39, 0.29) is 0 Å². The van der Waals surface area contributed by atoms with E-state index in [9.17, 15) is 0 Å². The van der Waals surface area contributed by atoms with Crippen LogP contribution in [0, 0.1) is 0 Å². The van der Waals surface area contributed by atoms with E-state index in [1.807, 2.05) is 31.3 Å². The van der Waals surface area contributed by atoms with Gasteiger partial charge in [-0.05, 0) is 24.7 Å². The minimum absolute atomic E-state index is 0.791. The predicted molar refractivity (Wildman–Crippen MR) is 57.1 cm³/mol. The summed E-state index contributed by atoms with van der Waals surface area (Å²) >= 11 is 5.77. The van der Waals surface area contributed by atoms with Crippen molar-refractivity contribution < 1.29 is 0 Å². The predicted octanol–water partition coefficient (Wildman–Crippen LogP) is 1.65. The van der Waals surface area contributed by atoms with Gasteiger partial charge in [-0.25, -0.2) is 0 Å². The molecule has 0 spiro atoms. The van der Waals surface area contributed by atoms with Crippen LogP contribution >= 0.6 is 11.6 Å². The molecule has 0 fully saturated rings. The molecule has 0 atom stereocenters. The summed E-state index contributed by atoms with van der Waals surface area (Å²) in [5, 5.41) is 7.19. The van der Waals surface area contributed by atoms with E-state index in [0.717, 1.165) is 24.7 Å². The number of likely N-dealkylation sites (N-methyl/N-ethyl adjacent to an activating group) is 1. The van der Waals surface area contributed by atoms with Crippen LogP contribution in [0.4, 0.5) is 0 Å². The summed E-state index contributed by atoms with van der Waals surface area (Å²) in [4.78, 5) is 0. The Morgan fingerprint density at radius 2 is 1.85 bits per heavy atom. The molecule has 0 saturated heterocycles. The molecule has 3 heteroatoms. The van der Waals surface area contributed by atoms with Gasteiger partial charge in [0.15, 0.2) is 0 Å². The standard InChI is InChI=1S/C10H15ClN2/c1-12-6-7-13-8-9-2-4-10(11)5-3-9/h2-5,12-13H,6-8H2,1H3. The Morgan fingerprint density at radius 3 is 2.46 bits per heavy atom. The zero-order chi connectivity index (χ0) is 9.52. The second-order valence-corrected chi connectivity index (χ2v) is 3.34. The van der Waals surface area contributed by atoms with Gasteiger partial charge in [0, 0.05) is 24.7 Å². The van der Waals surface area contributed by atoms with Crippen LogP contribution in [0.25, 0.3) is 0 Å². The van der Waals surface area contributed by atoms with Crippen molar-refractivity contribution in [2.45, 2.75) is 6.54 Å². The third-order valence-corrected chi connectivity index (χ3v) is 2.05. The Hall–Kier alpha value is -0.570. The van der Waals surface area contributed by atoms with Gasteiger partial charge in [-0.2, -0.15) is 0 Å². The first-order chi connectivity index (χ1) is 6.33. The smallest absolute Gasteiger partial charge is 0.0406 e. The number of benzene rings is 1. The molecule has 0 bridgehead atoms. The molecule has 0 unspecified atom stereocenters. The summed E-state index contributed by atoms with van der Waals surface area (Å²) in [5.74, 6) is 0. The maximum absolute atomic E-state index is 5.77. The van der Waals surface area contributed by atoms with Crippen molar-refractivity contribution in [3.8, 4) is 0 Å². The molecule has 0 radical (unpaired) electrons. The minimum atomic E-state index is 0.791. The van der Waals surface area contributed by atoms with Crippen LogP contribution in [-0.4, -0.2) is 20.1 Å². The Kier molecular flexibility index (Phi) is 4.83. The second kappa shape index (κ2) is 5.97. The van der Waals surface area contributed by atoms with Crippen LogP contribution in [0.2, 0.25) is 5.02 Å². The summed E-state index contributed by atoms with van der Waals surface area (Å²) in [6.45, 7) is 2.88. The fourth-order valence-electron chi connectivity index (χ4n) is 1.05. The number of hydrogen-bond acceptors (Lipinski definition) is 2. The number of hydrogen-bond donors (Lipinski definition) is 2. The van der Waals surface area contributed by atoms with Gasteiger partial charge >= 0.3 is 0 Å². The van der Waals surface area contributed by atoms with Gasteiger partial charge in [-0.1, -0.05) is 23.7 Å². The molecular formula is C10H15ClN2. The molecule has 72 valence electrons. The molecule has 2 nitrogen and oxygen atoms in total. The summed E-state index contributed by atoms with van der Waals surface area (Å²) in [6.07, 6.45) is 0. The van der Waals surface area contributed by atoms with Crippen molar-refractivity contribution in [3.05, 3.63) is 34.9 Å². The molecule has 1 rings (SSSR count). The minimum Gasteiger partial charge on any atom is -0.318 e. The van der Waals surface area contributed by atoms with Gasteiger partial charge in [0.05, 0.1) is 0 Å². The Labute approximate surface area is 84.3 Å². The average Bonchev–Trinajstić information content (AvgIpc) is 2.15. The quantitative estimate of drug-likeness (QED) is 0.704. The summed E-state index contributed by atoms with van der Waals surface area (Å²) < 4.78 is 0. The molecular weight excluding hydrogens is 184 g/mol. The molecule has 0 saturated carbocycles. The van der Waals surface area contributed by atoms with Crippen molar-refractivity contribution in [1.82, 2.24) is 10.6 Å². The van der Waals surface area contributed by atoms with Gasteiger partial charge in [0.2, 0.25) is 0 Å². The SMILES string of the molecule is CNCCNCc1ccc(Cl)cc1. The van der Waals surface area contributed by atoms with Crippen molar-refractivity contribution in [3.63, 3.8) is 0 Å². The van der Waals surface area contributed by atoms with Gasteiger partial charge in [0.25, 0.3) is 0 Å². The van der Waals surface area contributed by atoms with Crippen molar-refractivity contribution in [1.29, 1.82) is 0 Å². The molecule has 0 aliphatic heterocycles. The molecule has 0 aliphatic rings. The Bertz CT molecular complexity index is 233. The summed E-state index contributed by atoms with van der Waals surface area (Å²) in [7, 11) is 1.95. The van der Waals surface area contributed by atoms with Crippen LogP contribution in [0.3, 0.4) is 0 Å². The van der Waals surface area contributed by atoms with Crippen molar-refractivity contribution in [2.75, 3.05) is 20.1 Å². The van der Waals surface area contributed by atoms with E-state index in [2.05, 4.69) is 10.6 Å². The average molecular weight is 199 g/mol. The monoisotopic (exact) mass is 198 g/mol. The number of nitrogens with one attached hydrogen (secondary N) is 2. The first-order valence-corrected chi connectivity index (χ1v) is 4.80. The van der Waals surface area contributed by atoms with Gasteiger partial charge in [-0.3, -0.25) is 0 Å². The number of halogens is 1. The van der Waals surface area contributed by atoms with Crippen molar-refractivity contribution >= 4 is 11.6 Å². The van der Waals surface area contributed by atoms with Gasteiger partial charge in [0.1, 0.15) is 0 Å². The first-order valence-electron chi connectivity index (χ1n) is 4.42. The highest BCUT2D eigenvalue weighted by molar-refractivity contribution is 6.30. The van der Waals surface area contributed by atoms with E-state index in [1.165, 1.54) is 5.56 Å². The summed E-state index contributed by atoms with van der Waals surface area (Å²) in [6, 6.07) is 7.90. The van der Waals surface area contributed by atoms with Gasteiger partial charge < -0.3 is 10.6 Å². The lowest BCUT2D eigenvalue weighted by atomic mass is 10.2. The lowest BCUT2D eigenvalue weighted by Gasteiger charge is -2.03. The van der Waals surface area contributed by atoms with E-state index in [4.69, 9.17) is 11.6 Å². The van der Waals surface area contributed by atoms with E-state index in [0.29, 0.717) is 0 Å². The topological polar surface area (TPSA) is 24.1 Å². The first kappa shape index (κ1) is 10.5. The molecule has 0 aliphatic carbocycles. The Morgan fingerprint density at radius 1 is 1.15 bits per heavy atom. The molecule has 2 N–H and O–H groups in total. The normalized spacial score (nSPS) is 10.3. The van der Waals surface area contributed by atoms with Gasteiger partial charge in [-0.15, -0.1) is 0 Å². The molecule has 1 aromatic carbocycles. The lowest BCUT2D eigenvalue weighted by Crippen LogP contribution is -2.24. The molecule has 13 heavy (non-hydrogen) atoms. The maximum Gasteiger partial charge on any atom is 0.0406 e. The number of rotatable bonds is 5. The highest BCUT2D eigenvalue weighted by atomic mass is 35.5. The fraction of sp³-hybridized carbons (Fsp3) is 0.400. The largest absolute Gasteiger partial charge is 0.318 e. The third kappa shape index (κ3) is 4.27.